The van der Waals surface area contributed by atoms with Crippen LogP contribution in [0.2, 0.25) is 0 Å². The Morgan fingerprint density at radius 3 is 2.33 bits per heavy atom. The van der Waals surface area contributed by atoms with E-state index < -0.39 is 5.97 Å². The van der Waals surface area contributed by atoms with Gasteiger partial charge in [0.05, 0.1) is 11.6 Å². The predicted octanol–water partition coefficient (Wildman–Crippen LogP) is 2.44. The van der Waals surface area contributed by atoms with E-state index in [1.807, 2.05) is 42.5 Å². The van der Waals surface area contributed by atoms with E-state index >= 15 is 0 Å². The van der Waals surface area contributed by atoms with E-state index in [-0.39, 0.29) is 5.92 Å². The molecule has 1 aromatic carbocycles. The first-order chi connectivity index (χ1) is 10.2. The number of piperidine rings is 1. The second kappa shape index (κ2) is 5.91. The van der Waals surface area contributed by atoms with E-state index in [0.717, 1.165) is 30.2 Å². The van der Waals surface area contributed by atoms with E-state index in [0.29, 0.717) is 12.8 Å². The lowest BCUT2D eigenvalue weighted by Gasteiger charge is -2.30. The van der Waals surface area contributed by atoms with Crippen LogP contribution in [0.15, 0.2) is 42.5 Å². The van der Waals surface area contributed by atoms with Crippen LogP contribution in [-0.2, 0) is 4.79 Å². The zero-order valence-corrected chi connectivity index (χ0v) is 11.6. The smallest absolute Gasteiger partial charge is 0.306 e. The van der Waals surface area contributed by atoms with Crippen LogP contribution in [0.5, 0.6) is 0 Å². The average Bonchev–Trinajstić information content (AvgIpc) is 2.56. The molecule has 1 N–H and O–H groups in total. The summed E-state index contributed by atoms with van der Waals surface area (Å²) in [7, 11) is 0. The highest BCUT2D eigenvalue weighted by Crippen LogP contribution is 2.23. The first-order valence-electron chi connectivity index (χ1n) is 7.11. The van der Waals surface area contributed by atoms with Crippen LogP contribution in [0.4, 0.5) is 5.82 Å². The first kappa shape index (κ1) is 13.5. The molecule has 0 unspecified atom stereocenters. The van der Waals surface area contributed by atoms with Crippen molar-refractivity contribution in [2.24, 2.45) is 5.92 Å². The van der Waals surface area contributed by atoms with Crippen LogP contribution in [0.3, 0.4) is 0 Å². The van der Waals surface area contributed by atoms with Gasteiger partial charge in [0.15, 0.2) is 5.82 Å². The molecule has 3 rings (SSSR count). The zero-order chi connectivity index (χ0) is 14.7. The Morgan fingerprint density at radius 2 is 1.76 bits per heavy atom. The number of nitrogens with zero attached hydrogens (tertiary/aromatic N) is 3. The van der Waals surface area contributed by atoms with Crippen molar-refractivity contribution in [1.82, 2.24) is 10.2 Å². The lowest BCUT2D eigenvalue weighted by atomic mass is 9.97. The quantitative estimate of drug-likeness (QED) is 0.937. The summed E-state index contributed by atoms with van der Waals surface area (Å²) in [4.78, 5) is 13.1. The van der Waals surface area contributed by atoms with Crippen molar-refractivity contribution >= 4 is 11.8 Å². The number of carbonyl (C=O) groups is 1. The van der Waals surface area contributed by atoms with Crippen LogP contribution >= 0.6 is 0 Å². The molecule has 1 aliphatic rings. The molecule has 21 heavy (non-hydrogen) atoms. The monoisotopic (exact) mass is 283 g/mol. The van der Waals surface area contributed by atoms with Gasteiger partial charge < -0.3 is 10.0 Å². The van der Waals surface area contributed by atoms with Gasteiger partial charge in [-0.05, 0) is 25.0 Å². The van der Waals surface area contributed by atoms with E-state index in [1.165, 1.54) is 0 Å². The highest BCUT2D eigenvalue weighted by atomic mass is 16.4. The molecule has 0 amide bonds. The highest BCUT2D eigenvalue weighted by molar-refractivity contribution is 5.70. The van der Waals surface area contributed by atoms with Crippen molar-refractivity contribution in [3.05, 3.63) is 42.5 Å². The maximum absolute atomic E-state index is 11.0. The summed E-state index contributed by atoms with van der Waals surface area (Å²) in [6, 6.07) is 13.8. The number of hydrogen-bond donors (Lipinski definition) is 1. The molecule has 1 aliphatic heterocycles. The number of benzene rings is 1. The summed E-state index contributed by atoms with van der Waals surface area (Å²) in [5, 5.41) is 17.6. The number of carboxylic acids is 1. The molecule has 1 fully saturated rings. The normalized spacial score (nSPS) is 15.9. The molecule has 5 nitrogen and oxygen atoms in total. The summed E-state index contributed by atoms with van der Waals surface area (Å²) in [6.07, 6.45) is 1.33. The number of aliphatic carboxylic acids is 1. The van der Waals surface area contributed by atoms with Gasteiger partial charge in [-0.3, -0.25) is 4.79 Å². The van der Waals surface area contributed by atoms with Crippen LogP contribution in [0.1, 0.15) is 12.8 Å². The topological polar surface area (TPSA) is 66.3 Å². The van der Waals surface area contributed by atoms with E-state index in [9.17, 15) is 4.79 Å². The molecular weight excluding hydrogens is 266 g/mol. The summed E-state index contributed by atoms with van der Waals surface area (Å²) in [5.41, 5.74) is 1.89. The molecule has 0 saturated carbocycles. The standard InChI is InChI=1S/C16H17N3O2/c20-16(21)13-8-10-19(11-9-13)15-7-6-14(17-18-15)12-4-2-1-3-5-12/h1-7,13H,8-11H2,(H,20,21). The Bertz CT molecular complexity index is 605. The number of anilines is 1. The molecule has 0 spiro atoms. The number of rotatable bonds is 3. The minimum atomic E-state index is -0.694. The SMILES string of the molecule is O=C(O)C1CCN(c2ccc(-c3ccccc3)nn2)CC1. The van der Waals surface area contributed by atoms with Crippen molar-refractivity contribution < 1.29 is 9.90 Å². The summed E-state index contributed by atoms with van der Waals surface area (Å²) in [5.74, 6) is -0.100. The van der Waals surface area contributed by atoms with E-state index in [2.05, 4.69) is 15.1 Å². The lowest BCUT2D eigenvalue weighted by Crippen LogP contribution is -2.36. The minimum absolute atomic E-state index is 0.224. The van der Waals surface area contributed by atoms with Crippen LogP contribution in [0, 0.1) is 5.92 Å². The first-order valence-corrected chi connectivity index (χ1v) is 7.11. The Labute approximate surface area is 123 Å². The Hall–Kier alpha value is -2.43. The second-order valence-corrected chi connectivity index (χ2v) is 5.24. The Balaban J connectivity index is 1.69. The van der Waals surface area contributed by atoms with Gasteiger partial charge in [-0.15, -0.1) is 10.2 Å². The van der Waals surface area contributed by atoms with Crippen molar-refractivity contribution in [3.63, 3.8) is 0 Å². The molecule has 0 radical (unpaired) electrons. The fraction of sp³-hybridized carbons (Fsp3) is 0.312. The number of carboxylic acid groups (broad SMARTS) is 1. The second-order valence-electron chi connectivity index (χ2n) is 5.24. The van der Waals surface area contributed by atoms with E-state index in [1.54, 1.807) is 0 Å². The molecule has 2 heterocycles. The van der Waals surface area contributed by atoms with Gasteiger partial charge in [-0.2, -0.15) is 0 Å². The summed E-state index contributed by atoms with van der Waals surface area (Å²) >= 11 is 0. The molecule has 0 atom stereocenters. The van der Waals surface area contributed by atoms with Gasteiger partial charge >= 0.3 is 5.97 Å². The van der Waals surface area contributed by atoms with Crippen LogP contribution in [0.25, 0.3) is 11.3 Å². The predicted molar refractivity (Wildman–Crippen MR) is 80.0 cm³/mol. The molecule has 2 aromatic rings. The zero-order valence-electron chi connectivity index (χ0n) is 11.6. The lowest BCUT2D eigenvalue weighted by molar-refractivity contribution is -0.142. The van der Waals surface area contributed by atoms with Crippen LogP contribution in [-0.4, -0.2) is 34.4 Å². The fourth-order valence-electron chi connectivity index (χ4n) is 2.61. The van der Waals surface area contributed by atoms with Crippen molar-refractivity contribution in [1.29, 1.82) is 0 Å². The van der Waals surface area contributed by atoms with Gasteiger partial charge in [-0.1, -0.05) is 30.3 Å². The van der Waals surface area contributed by atoms with Gasteiger partial charge in [0.1, 0.15) is 0 Å². The van der Waals surface area contributed by atoms with Crippen molar-refractivity contribution in [2.75, 3.05) is 18.0 Å². The van der Waals surface area contributed by atoms with Crippen molar-refractivity contribution in [2.45, 2.75) is 12.8 Å². The number of aromatic nitrogens is 2. The maximum atomic E-state index is 11.0. The molecular formula is C16H17N3O2. The Morgan fingerprint density at radius 1 is 1.05 bits per heavy atom. The van der Waals surface area contributed by atoms with Gasteiger partial charge in [0, 0.05) is 18.7 Å². The largest absolute Gasteiger partial charge is 0.481 e. The molecule has 1 aromatic heterocycles. The van der Waals surface area contributed by atoms with Gasteiger partial charge in [-0.25, -0.2) is 0 Å². The van der Waals surface area contributed by atoms with Gasteiger partial charge in [0.25, 0.3) is 0 Å². The summed E-state index contributed by atoms with van der Waals surface area (Å²) in [6.45, 7) is 1.44. The van der Waals surface area contributed by atoms with Crippen molar-refractivity contribution in [3.8, 4) is 11.3 Å². The third-order valence-electron chi connectivity index (χ3n) is 3.89. The molecule has 0 aliphatic carbocycles. The average molecular weight is 283 g/mol. The molecule has 0 bridgehead atoms. The highest BCUT2D eigenvalue weighted by Gasteiger charge is 2.25. The summed E-state index contributed by atoms with van der Waals surface area (Å²) < 4.78 is 0. The Kier molecular flexibility index (Phi) is 3.81. The van der Waals surface area contributed by atoms with E-state index in [4.69, 9.17) is 5.11 Å². The fourth-order valence-corrected chi connectivity index (χ4v) is 2.61. The third-order valence-corrected chi connectivity index (χ3v) is 3.89. The maximum Gasteiger partial charge on any atom is 0.306 e. The minimum Gasteiger partial charge on any atom is -0.481 e. The molecule has 1 saturated heterocycles. The molecule has 108 valence electrons. The number of hydrogen-bond acceptors (Lipinski definition) is 4. The van der Waals surface area contributed by atoms with Crippen LogP contribution < -0.4 is 4.90 Å². The van der Waals surface area contributed by atoms with Gasteiger partial charge in [0.2, 0.25) is 0 Å². The molecule has 5 heteroatoms. The third kappa shape index (κ3) is 3.02.